The first-order valence-corrected chi connectivity index (χ1v) is 6.80. The number of aromatic nitrogens is 1. The molecule has 0 aliphatic carbocycles. The SMILES string of the molecule is NC(=O)C[NH+]1CCN(c2[nH+]cc(C(F)(F)F)cc2Cl)CC1. The summed E-state index contributed by atoms with van der Waals surface area (Å²) in [7, 11) is 0. The average molecular weight is 325 g/mol. The van der Waals surface area contributed by atoms with Gasteiger partial charge in [-0.1, -0.05) is 11.6 Å². The number of H-pyrrole nitrogens is 1. The second kappa shape index (κ2) is 6.07. The molecule has 1 aliphatic heterocycles. The molecule has 2 rings (SSSR count). The number of hydrogen-bond donors (Lipinski definition) is 2. The summed E-state index contributed by atoms with van der Waals surface area (Å²) in [6.07, 6.45) is -3.52. The molecule has 0 aromatic carbocycles. The number of carbonyl (C=O) groups is 1. The average Bonchev–Trinajstić information content (AvgIpc) is 2.38. The summed E-state index contributed by atoms with van der Waals surface area (Å²) >= 11 is 5.94. The minimum Gasteiger partial charge on any atom is -0.365 e. The van der Waals surface area contributed by atoms with Gasteiger partial charge in [0.25, 0.3) is 11.7 Å². The Morgan fingerprint density at radius 3 is 2.52 bits per heavy atom. The van der Waals surface area contributed by atoms with E-state index in [1.54, 1.807) is 0 Å². The van der Waals surface area contributed by atoms with Crippen molar-refractivity contribution in [3.05, 3.63) is 22.8 Å². The van der Waals surface area contributed by atoms with Crippen molar-refractivity contribution in [3.8, 4) is 0 Å². The molecule has 21 heavy (non-hydrogen) atoms. The largest absolute Gasteiger partial charge is 0.419 e. The van der Waals surface area contributed by atoms with E-state index in [-0.39, 0.29) is 17.5 Å². The van der Waals surface area contributed by atoms with Crippen molar-refractivity contribution in [3.63, 3.8) is 0 Å². The summed E-state index contributed by atoms with van der Waals surface area (Å²) in [5.74, 6) is 0.0976. The van der Waals surface area contributed by atoms with Gasteiger partial charge in [0.1, 0.15) is 37.4 Å². The Kier molecular flexibility index (Phi) is 4.58. The van der Waals surface area contributed by atoms with Gasteiger partial charge in [0.15, 0.2) is 6.54 Å². The van der Waals surface area contributed by atoms with E-state index < -0.39 is 11.7 Å². The minimum atomic E-state index is -4.43. The molecule has 0 saturated carbocycles. The third-order valence-electron chi connectivity index (χ3n) is 3.41. The number of rotatable bonds is 3. The summed E-state index contributed by atoms with van der Waals surface area (Å²) in [6.45, 7) is 2.79. The highest BCUT2D eigenvalue weighted by Crippen LogP contribution is 2.31. The first kappa shape index (κ1) is 15.8. The smallest absolute Gasteiger partial charge is 0.365 e. The summed E-state index contributed by atoms with van der Waals surface area (Å²) in [6, 6.07) is 0.913. The fraction of sp³-hybridized carbons (Fsp3) is 0.500. The topological polar surface area (TPSA) is 64.9 Å². The van der Waals surface area contributed by atoms with Gasteiger partial charge in [-0.2, -0.15) is 13.2 Å². The number of nitrogens with two attached hydrogens (primary N) is 1. The quantitative estimate of drug-likeness (QED) is 0.777. The van der Waals surface area contributed by atoms with E-state index in [1.807, 2.05) is 4.90 Å². The molecule has 1 aliphatic rings. The summed E-state index contributed by atoms with van der Waals surface area (Å²) in [5, 5.41) is 0.0307. The van der Waals surface area contributed by atoms with Crippen LogP contribution in [0.5, 0.6) is 0 Å². The molecule has 1 fully saturated rings. The highest BCUT2D eigenvalue weighted by Gasteiger charge is 2.35. The standard InChI is InChI=1S/C12H14ClF3N4O/c13-9-5-8(12(14,15)16)6-18-11(9)20-3-1-19(2-4-20)7-10(17)21/h5-6H,1-4,7H2,(H2,17,21)/p+2. The molecule has 0 bridgehead atoms. The molecular weight excluding hydrogens is 309 g/mol. The van der Waals surface area contributed by atoms with Crippen molar-refractivity contribution in [2.75, 3.05) is 37.6 Å². The summed E-state index contributed by atoms with van der Waals surface area (Å²) in [5.41, 5.74) is 4.33. The van der Waals surface area contributed by atoms with Crippen LogP contribution < -0.4 is 20.5 Å². The lowest BCUT2D eigenvalue weighted by Gasteiger charge is -2.27. The lowest BCUT2D eigenvalue weighted by Crippen LogP contribution is -3.15. The van der Waals surface area contributed by atoms with Crippen LogP contribution >= 0.6 is 11.6 Å². The highest BCUT2D eigenvalue weighted by molar-refractivity contribution is 6.32. The van der Waals surface area contributed by atoms with Gasteiger partial charge >= 0.3 is 6.18 Å². The van der Waals surface area contributed by atoms with Crippen molar-refractivity contribution < 1.29 is 27.8 Å². The van der Waals surface area contributed by atoms with Crippen LogP contribution in [-0.4, -0.2) is 38.6 Å². The van der Waals surface area contributed by atoms with Crippen LogP contribution in [0.15, 0.2) is 12.3 Å². The fourth-order valence-electron chi connectivity index (χ4n) is 2.34. The van der Waals surface area contributed by atoms with E-state index in [1.165, 1.54) is 0 Å². The number of quaternary nitrogens is 1. The monoisotopic (exact) mass is 324 g/mol. The van der Waals surface area contributed by atoms with Crippen LogP contribution in [0.3, 0.4) is 0 Å². The number of carbonyl (C=O) groups excluding carboxylic acids is 1. The highest BCUT2D eigenvalue weighted by atomic mass is 35.5. The van der Waals surface area contributed by atoms with E-state index in [9.17, 15) is 18.0 Å². The Morgan fingerprint density at radius 1 is 1.43 bits per heavy atom. The normalized spacial score (nSPS) is 17.0. The first-order valence-electron chi connectivity index (χ1n) is 6.42. The number of alkyl halides is 3. The van der Waals surface area contributed by atoms with Crippen molar-refractivity contribution >= 4 is 23.3 Å². The number of primary amides is 1. The summed E-state index contributed by atoms with van der Waals surface area (Å²) < 4.78 is 37.7. The van der Waals surface area contributed by atoms with E-state index in [0.29, 0.717) is 32.0 Å². The predicted octanol–water partition coefficient (Wildman–Crippen LogP) is -0.637. The number of amides is 1. The van der Waals surface area contributed by atoms with Gasteiger partial charge in [0, 0.05) is 0 Å². The molecule has 0 radical (unpaired) electrons. The first-order chi connectivity index (χ1) is 9.77. The molecule has 9 heteroatoms. The zero-order chi connectivity index (χ0) is 15.6. The number of halogens is 4. The number of aromatic amines is 1. The lowest BCUT2D eigenvalue weighted by molar-refractivity contribution is -0.892. The maximum Gasteiger partial charge on any atom is 0.419 e. The minimum absolute atomic E-state index is 0.0307. The second-order valence-electron chi connectivity index (χ2n) is 4.96. The van der Waals surface area contributed by atoms with Crippen molar-refractivity contribution in [1.82, 2.24) is 0 Å². The van der Waals surface area contributed by atoms with Crippen LogP contribution in [0.1, 0.15) is 5.56 Å². The Balaban J connectivity index is 2.05. The molecule has 4 N–H and O–H groups in total. The van der Waals surface area contributed by atoms with Gasteiger partial charge < -0.3 is 10.6 Å². The molecular formula is C12H16ClF3N4O+2. The molecule has 1 aromatic heterocycles. The van der Waals surface area contributed by atoms with Crippen LogP contribution in [-0.2, 0) is 11.0 Å². The van der Waals surface area contributed by atoms with Crippen molar-refractivity contribution in [2.45, 2.75) is 6.18 Å². The number of hydrogen-bond acceptors (Lipinski definition) is 2. The molecule has 0 unspecified atom stereocenters. The zero-order valence-electron chi connectivity index (χ0n) is 11.1. The van der Waals surface area contributed by atoms with Gasteiger partial charge in [-0.15, -0.1) is 0 Å². The predicted molar refractivity (Wildman–Crippen MR) is 70.0 cm³/mol. The second-order valence-corrected chi connectivity index (χ2v) is 5.37. The van der Waals surface area contributed by atoms with Crippen molar-refractivity contribution in [1.29, 1.82) is 0 Å². The number of nitrogens with one attached hydrogen (secondary N) is 2. The van der Waals surface area contributed by atoms with Gasteiger partial charge in [-0.05, 0) is 6.07 Å². The molecule has 1 aromatic rings. The molecule has 1 saturated heterocycles. The van der Waals surface area contributed by atoms with E-state index in [0.717, 1.165) is 17.2 Å². The van der Waals surface area contributed by atoms with Gasteiger partial charge in [0.05, 0.1) is 5.56 Å². The van der Waals surface area contributed by atoms with Gasteiger partial charge in [-0.25, -0.2) is 9.88 Å². The molecule has 0 spiro atoms. The lowest BCUT2D eigenvalue weighted by atomic mass is 10.2. The van der Waals surface area contributed by atoms with Crippen molar-refractivity contribution in [2.24, 2.45) is 5.73 Å². The fourth-order valence-corrected chi connectivity index (χ4v) is 2.63. The maximum absolute atomic E-state index is 12.6. The number of anilines is 1. The number of nitrogens with zero attached hydrogens (tertiary/aromatic N) is 1. The molecule has 116 valence electrons. The van der Waals surface area contributed by atoms with Crippen LogP contribution in [0, 0.1) is 0 Å². The van der Waals surface area contributed by atoms with E-state index in [2.05, 4.69) is 4.98 Å². The Labute approximate surface area is 124 Å². The Hall–Kier alpha value is -1.54. The number of piperazine rings is 1. The molecule has 1 amide bonds. The van der Waals surface area contributed by atoms with Gasteiger partial charge in [0.2, 0.25) is 0 Å². The van der Waals surface area contributed by atoms with Crippen LogP contribution in [0.25, 0.3) is 0 Å². The maximum atomic E-state index is 12.6. The molecule has 0 atom stereocenters. The van der Waals surface area contributed by atoms with E-state index in [4.69, 9.17) is 17.3 Å². The van der Waals surface area contributed by atoms with Crippen LogP contribution in [0.4, 0.5) is 19.0 Å². The third kappa shape index (κ3) is 3.98. The molecule has 2 heterocycles. The Bertz CT molecular complexity index is 530. The van der Waals surface area contributed by atoms with E-state index >= 15 is 0 Å². The Morgan fingerprint density at radius 2 is 2.05 bits per heavy atom. The third-order valence-corrected chi connectivity index (χ3v) is 3.70. The zero-order valence-corrected chi connectivity index (χ0v) is 11.9. The van der Waals surface area contributed by atoms with Gasteiger partial charge in [-0.3, -0.25) is 4.79 Å². The molecule has 5 nitrogen and oxygen atoms in total. The van der Waals surface area contributed by atoms with Crippen LogP contribution in [0.2, 0.25) is 5.02 Å². The number of pyridine rings is 1. The summed E-state index contributed by atoms with van der Waals surface area (Å²) in [4.78, 5) is 16.4.